The third kappa shape index (κ3) is 10.9. The van der Waals surface area contributed by atoms with Crippen LogP contribution in [0.4, 0.5) is 0 Å². The smallest absolute Gasteiger partial charge is 0.0000000000000853 e. The van der Waals surface area contributed by atoms with Crippen LogP contribution in [0.1, 0.15) is 0 Å². The molecule has 0 saturated heterocycles. The van der Waals surface area contributed by atoms with E-state index in [1.165, 1.54) is 7.06 Å². The average Bonchev–Trinajstić information content (AvgIpc) is 2.68. The SMILES string of the molecule is [B]B([B])B([B][B-])B(B(B([B])[B])B([B])[B])B(B(B([B])[B])B([B])[B])B(B(B([B])[B])B([B])[B])B(B([B])[B])B([B])[B]. The summed E-state index contributed by atoms with van der Waals surface area (Å²) in [6.07, 6.45) is -17.9. The van der Waals surface area contributed by atoms with Crippen LogP contribution in [0.2, 0.25) is 0 Å². The van der Waals surface area contributed by atoms with Gasteiger partial charge in [0.15, 0.2) is 0 Å². The van der Waals surface area contributed by atoms with Crippen molar-refractivity contribution in [2.24, 2.45) is 0 Å². The maximum absolute atomic E-state index is 6.23. The predicted octanol–water partition coefficient (Wildman–Crippen LogP) is -14.1. The second-order valence-corrected chi connectivity index (χ2v) is 10.0. The van der Waals surface area contributed by atoms with Gasteiger partial charge in [0.2, 0.25) is 0 Å². The third-order valence-electron chi connectivity index (χ3n) is 7.33. The van der Waals surface area contributed by atoms with Crippen LogP contribution >= 0.6 is 0 Å². The van der Waals surface area contributed by atoms with Crippen molar-refractivity contribution in [3.63, 3.8) is 0 Å². The van der Waals surface area contributed by atoms with Gasteiger partial charge in [0, 0.05) is 0 Å². The summed E-state index contributed by atoms with van der Waals surface area (Å²) in [5, 5.41) is 0. The molecule has 0 N–H and O–H groups in total. The van der Waals surface area contributed by atoms with E-state index in [0.29, 0.717) is 0 Å². The Morgan fingerprint density at radius 2 is 0.459 bits per heavy atom. The molecule has 0 atom stereocenters. The molecule has 0 bridgehead atoms. The summed E-state index contributed by atoms with van der Waals surface area (Å²) >= 11 is 0. The van der Waals surface area contributed by atoms with Crippen molar-refractivity contribution in [3.8, 4) is 0 Å². The van der Waals surface area contributed by atoms with E-state index in [0.717, 1.165) is 0 Å². The summed E-state index contributed by atoms with van der Waals surface area (Å²) in [4.78, 5) is 0. The van der Waals surface area contributed by atoms with Crippen LogP contribution in [0.5, 0.6) is 0 Å². The first kappa shape index (κ1) is 39.4. The highest BCUT2D eigenvalue weighted by atomic mass is 13.4. The Labute approximate surface area is 261 Å². The Morgan fingerprint density at radius 3 is 0.622 bits per heavy atom. The summed E-state index contributed by atoms with van der Waals surface area (Å²) in [5.74, 6) is 0. The van der Waals surface area contributed by atoms with E-state index in [1.807, 2.05) is 0 Å². The van der Waals surface area contributed by atoms with Crippen molar-refractivity contribution in [2.45, 2.75) is 0 Å². The molecular weight excluding hydrogens is 400 g/mol. The lowest BCUT2D eigenvalue weighted by atomic mass is 8.28. The molecule has 37 heavy (non-hydrogen) atoms. The predicted molar refractivity (Wildman–Crippen MR) is 213 cm³/mol. The zero-order chi connectivity index (χ0) is 29.5. The van der Waals surface area contributed by atoms with Gasteiger partial charge < -0.3 is 7.74 Å². The maximum atomic E-state index is 6.23. The van der Waals surface area contributed by atoms with Gasteiger partial charge in [0.1, 0.15) is 0 Å². The quantitative estimate of drug-likeness (QED) is 0.213. The van der Waals surface area contributed by atoms with E-state index in [-0.39, 0.29) is 0 Å². The Bertz CT molecular complexity index is 523. The molecule has 0 heterocycles. The van der Waals surface area contributed by atoms with Gasteiger partial charge in [0.25, 0.3) is 0 Å². The number of hydrogen-bond acceptors (Lipinski definition) is 0. The molecule has 0 fully saturated rings. The van der Waals surface area contributed by atoms with Gasteiger partial charge in [-0.25, -0.2) is 0 Å². The lowest BCUT2D eigenvalue weighted by molar-refractivity contribution is 3.23. The topological polar surface area (TPSA) is 0 Å². The highest BCUT2D eigenvalue weighted by Gasteiger charge is 2.55. The van der Waals surface area contributed by atoms with Crippen molar-refractivity contribution >= 4 is 263 Å². The first-order chi connectivity index (χ1) is 16.8. The second kappa shape index (κ2) is 18.2. The fraction of sp³-hybridized carbons (Fsp3) is 0. The highest BCUT2D eigenvalue weighted by molar-refractivity contribution is 8.31. The zero-order valence-electron chi connectivity index (χ0n) is 21.4. The van der Waals surface area contributed by atoms with Gasteiger partial charge in [-0.1, -0.05) is 0 Å². The van der Waals surface area contributed by atoms with Crippen LogP contribution < -0.4 is 0 Å². The van der Waals surface area contributed by atoms with Crippen LogP contribution in [0.25, 0.3) is 0 Å². The highest BCUT2D eigenvalue weighted by Crippen LogP contribution is 2.17. The monoisotopic (exact) mass is 407 g/mol. The van der Waals surface area contributed by atoms with E-state index in [9.17, 15) is 0 Å². The summed E-state index contributed by atoms with van der Waals surface area (Å²) in [6.45, 7) is 0. The summed E-state index contributed by atoms with van der Waals surface area (Å²) < 4.78 is 0. The molecule has 0 unspecified atom stereocenters. The zero-order valence-corrected chi connectivity index (χ0v) is 21.4. The third-order valence-corrected chi connectivity index (χ3v) is 7.33. The van der Waals surface area contributed by atoms with E-state index in [2.05, 4.69) is 0 Å². The van der Waals surface area contributed by atoms with Crippen molar-refractivity contribution in [3.05, 3.63) is 0 Å². The minimum Gasteiger partial charge on any atom is -0.690 e. The average molecular weight is 400 g/mol. The molecule has 0 aromatic carbocycles. The molecule has 0 aromatic heterocycles. The molecule has 40 radical (unpaired) electrons. The standard InChI is InChI=1S/B37/c1-20-30(21(2)3)35(31(22(4)5)23(6)7)37(34(28(16)17)29(18)19)36(32(24(8)9)25(10)11)33(26(12)13)27(14)15/q-1. The molecule has 0 aliphatic carbocycles. The van der Waals surface area contributed by atoms with Crippen LogP contribution in [-0.4, -0.2) is 263 Å². The minimum absolute atomic E-state index is 0.881. The van der Waals surface area contributed by atoms with Gasteiger partial charge in [-0.05, 0) is 248 Å². The Balaban J connectivity index is 7.97. The molecule has 0 saturated carbocycles. The van der Waals surface area contributed by atoms with Crippen molar-refractivity contribution in [1.29, 1.82) is 0 Å². The normalized spacial score (nSPS) is 9.54. The number of hydrogen-bond donors (Lipinski definition) is 0. The maximum Gasteiger partial charge on any atom is -0.0000000000000853 e. The molecule has 0 spiro atoms. The molecule has 0 aromatic rings. The van der Waals surface area contributed by atoms with Gasteiger partial charge in [-0.3, -0.25) is 7.06 Å². The lowest BCUT2D eigenvalue weighted by Crippen LogP contribution is -2.91. The summed E-state index contributed by atoms with van der Waals surface area (Å²) in [7, 11) is 119. The molecule has 112 valence electrons. The van der Waals surface area contributed by atoms with E-state index in [4.69, 9.17) is 147 Å². The first-order valence-electron chi connectivity index (χ1n) is 12.0. The van der Waals surface area contributed by atoms with Gasteiger partial charge in [-0.2, -0.15) is 0 Å². The van der Waals surface area contributed by atoms with Crippen molar-refractivity contribution in [2.75, 3.05) is 0 Å². The van der Waals surface area contributed by atoms with Crippen molar-refractivity contribution < 1.29 is 0 Å². The first-order valence-corrected chi connectivity index (χ1v) is 12.0. The molecule has 0 amide bonds. The molecule has 0 nitrogen and oxygen atoms in total. The summed E-state index contributed by atoms with van der Waals surface area (Å²) in [5.41, 5.74) is 0. The van der Waals surface area contributed by atoms with Gasteiger partial charge in [0.05, 0.1) is 0 Å². The molecule has 37 heteroatoms. The van der Waals surface area contributed by atoms with Crippen LogP contribution in [0.15, 0.2) is 0 Å². The lowest BCUT2D eigenvalue weighted by Gasteiger charge is -2.54. The Morgan fingerprint density at radius 1 is 0.270 bits per heavy atom. The molecule has 0 rings (SSSR count). The fourth-order valence-corrected chi connectivity index (χ4v) is 5.90. The van der Waals surface area contributed by atoms with Crippen LogP contribution in [-0.2, 0) is 0 Å². The van der Waals surface area contributed by atoms with Crippen LogP contribution in [0.3, 0.4) is 0 Å². The fourth-order valence-electron chi connectivity index (χ4n) is 5.90. The minimum atomic E-state index is -1.17. The largest absolute Gasteiger partial charge is 0.690 e. The Kier molecular flexibility index (Phi) is 19.3. The van der Waals surface area contributed by atoms with E-state index in [1.54, 1.807) is 0 Å². The van der Waals surface area contributed by atoms with Gasteiger partial charge in [-0.15, -0.1) is 0 Å². The van der Waals surface area contributed by atoms with E-state index < -0.39 is 109 Å². The molecule has 0 aliphatic heterocycles. The second-order valence-electron chi connectivity index (χ2n) is 10.0. The summed E-state index contributed by atoms with van der Waals surface area (Å²) in [6, 6.07) is 0. The number of rotatable bonds is 17. The van der Waals surface area contributed by atoms with Crippen molar-refractivity contribution in [1.82, 2.24) is 0 Å². The van der Waals surface area contributed by atoms with Crippen LogP contribution in [0, 0.1) is 0 Å². The van der Waals surface area contributed by atoms with E-state index >= 15 is 0 Å². The molecule has 0 aliphatic rings. The molecular formula is B37-. The van der Waals surface area contributed by atoms with Gasteiger partial charge >= 0.3 is 0 Å². The Hall–Kier alpha value is 2.40.